The van der Waals surface area contributed by atoms with E-state index in [-0.39, 0.29) is 6.10 Å². The van der Waals surface area contributed by atoms with E-state index < -0.39 is 0 Å². The van der Waals surface area contributed by atoms with Gasteiger partial charge < -0.3 is 15.4 Å². The lowest BCUT2D eigenvalue weighted by molar-refractivity contribution is 0.0854. The Morgan fingerprint density at radius 2 is 1.83 bits per heavy atom. The Morgan fingerprint density at radius 1 is 1.17 bits per heavy atom. The molecular weight excluding hydrogens is 228 g/mol. The molecule has 1 atom stereocenters. The Balaban J connectivity index is 2.72. The molecule has 1 aromatic heterocycles. The highest BCUT2D eigenvalue weighted by Gasteiger charge is 2.10. The molecule has 0 bridgehead atoms. The van der Waals surface area contributed by atoms with Crippen molar-refractivity contribution >= 4 is 11.6 Å². The molecule has 0 aliphatic rings. The summed E-state index contributed by atoms with van der Waals surface area (Å²) in [5.74, 6) is 1.82. The molecule has 0 saturated heterocycles. The van der Waals surface area contributed by atoms with Gasteiger partial charge in [0, 0.05) is 25.3 Å². The highest BCUT2D eigenvalue weighted by atomic mass is 16.5. The average Bonchev–Trinajstić information content (AvgIpc) is 2.37. The lowest BCUT2D eigenvalue weighted by atomic mass is 10.2. The summed E-state index contributed by atoms with van der Waals surface area (Å²) >= 11 is 0. The van der Waals surface area contributed by atoms with Crippen LogP contribution in [0, 0.1) is 0 Å². The summed E-state index contributed by atoms with van der Waals surface area (Å²) in [5.41, 5.74) is 1.13. The standard InChI is InChI=1S/C13H24N4O/c1-5-11-12(14-6-2)16-9-17-13(11)15-8-10(4)18-7-3/h9-10H,5-8H2,1-4H3,(H2,14,15,16,17). The molecule has 5 nitrogen and oxygen atoms in total. The largest absolute Gasteiger partial charge is 0.377 e. The van der Waals surface area contributed by atoms with Crippen molar-refractivity contribution in [2.24, 2.45) is 0 Å². The minimum atomic E-state index is 0.178. The van der Waals surface area contributed by atoms with Crippen molar-refractivity contribution in [3.8, 4) is 0 Å². The Labute approximate surface area is 109 Å². The number of rotatable bonds is 8. The van der Waals surface area contributed by atoms with Crippen LogP contribution in [0.3, 0.4) is 0 Å². The number of nitrogens with one attached hydrogen (secondary N) is 2. The van der Waals surface area contributed by atoms with Crippen molar-refractivity contribution in [1.82, 2.24) is 9.97 Å². The summed E-state index contributed by atoms with van der Waals surface area (Å²) in [6.45, 7) is 10.6. The molecule has 5 heteroatoms. The van der Waals surface area contributed by atoms with Crippen LogP contribution >= 0.6 is 0 Å². The first-order valence-corrected chi connectivity index (χ1v) is 6.66. The molecule has 0 aliphatic carbocycles. The smallest absolute Gasteiger partial charge is 0.134 e. The topological polar surface area (TPSA) is 59.1 Å². The molecular formula is C13H24N4O. The van der Waals surface area contributed by atoms with Gasteiger partial charge in [-0.3, -0.25) is 0 Å². The Bertz CT molecular complexity index is 357. The van der Waals surface area contributed by atoms with Crippen LogP contribution in [-0.4, -0.2) is 35.8 Å². The number of hydrogen-bond acceptors (Lipinski definition) is 5. The molecule has 1 aromatic rings. The summed E-state index contributed by atoms with van der Waals surface area (Å²) < 4.78 is 5.49. The van der Waals surface area contributed by atoms with Gasteiger partial charge in [0.15, 0.2) is 0 Å². The maximum Gasteiger partial charge on any atom is 0.134 e. The van der Waals surface area contributed by atoms with E-state index >= 15 is 0 Å². The highest BCUT2D eigenvalue weighted by Crippen LogP contribution is 2.20. The normalized spacial score (nSPS) is 12.2. The number of ether oxygens (including phenoxy) is 1. The first kappa shape index (κ1) is 14.7. The van der Waals surface area contributed by atoms with Crippen molar-refractivity contribution < 1.29 is 4.74 Å². The Morgan fingerprint density at radius 3 is 2.39 bits per heavy atom. The second kappa shape index (κ2) is 7.87. The third-order valence-electron chi connectivity index (χ3n) is 2.65. The predicted molar refractivity (Wildman–Crippen MR) is 75.2 cm³/mol. The molecule has 1 heterocycles. The fraction of sp³-hybridized carbons (Fsp3) is 0.692. The van der Waals surface area contributed by atoms with Crippen molar-refractivity contribution in [2.45, 2.75) is 40.2 Å². The number of hydrogen-bond donors (Lipinski definition) is 2. The SMILES string of the molecule is CCNc1ncnc(NCC(C)OCC)c1CC. The van der Waals surface area contributed by atoms with Gasteiger partial charge in [-0.15, -0.1) is 0 Å². The molecule has 0 fully saturated rings. The molecule has 0 aromatic carbocycles. The molecule has 0 aliphatic heterocycles. The van der Waals surface area contributed by atoms with E-state index in [9.17, 15) is 0 Å². The second-order valence-electron chi connectivity index (χ2n) is 4.08. The van der Waals surface area contributed by atoms with E-state index in [1.807, 2.05) is 6.92 Å². The van der Waals surface area contributed by atoms with Crippen molar-refractivity contribution in [3.05, 3.63) is 11.9 Å². The van der Waals surface area contributed by atoms with Gasteiger partial charge in [-0.2, -0.15) is 0 Å². The maximum absolute atomic E-state index is 5.49. The van der Waals surface area contributed by atoms with Gasteiger partial charge in [0.1, 0.15) is 18.0 Å². The molecule has 0 radical (unpaired) electrons. The average molecular weight is 252 g/mol. The zero-order valence-electron chi connectivity index (χ0n) is 11.8. The monoisotopic (exact) mass is 252 g/mol. The second-order valence-corrected chi connectivity index (χ2v) is 4.08. The molecule has 0 saturated carbocycles. The Kier molecular flexibility index (Phi) is 6.43. The fourth-order valence-electron chi connectivity index (χ4n) is 1.80. The quantitative estimate of drug-likeness (QED) is 0.743. The number of anilines is 2. The first-order valence-electron chi connectivity index (χ1n) is 6.66. The molecule has 18 heavy (non-hydrogen) atoms. The number of aromatic nitrogens is 2. The van der Waals surface area contributed by atoms with Crippen molar-refractivity contribution in [2.75, 3.05) is 30.3 Å². The molecule has 1 unspecified atom stereocenters. The van der Waals surface area contributed by atoms with Gasteiger partial charge in [-0.05, 0) is 27.2 Å². The number of nitrogens with zero attached hydrogens (tertiary/aromatic N) is 2. The van der Waals surface area contributed by atoms with E-state index in [4.69, 9.17) is 4.74 Å². The molecule has 0 spiro atoms. The lowest BCUT2D eigenvalue weighted by Crippen LogP contribution is -2.21. The highest BCUT2D eigenvalue weighted by molar-refractivity contribution is 5.57. The zero-order valence-corrected chi connectivity index (χ0v) is 11.8. The van der Waals surface area contributed by atoms with Gasteiger partial charge in [0.25, 0.3) is 0 Å². The van der Waals surface area contributed by atoms with Gasteiger partial charge in [0.05, 0.1) is 6.10 Å². The van der Waals surface area contributed by atoms with Crippen molar-refractivity contribution in [1.29, 1.82) is 0 Å². The van der Waals surface area contributed by atoms with E-state index in [1.165, 1.54) is 0 Å². The minimum Gasteiger partial charge on any atom is -0.377 e. The van der Waals surface area contributed by atoms with Crippen LogP contribution < -0.4 is 10.6 Å². The maximum atomic E-state index is 5.49. The molecule has 102 valence electrons. The van der Waals surface area contributed by atoms with Gasteiger partial charge in [-0.25, -0.2) is 9.97 Å². The van der Waals surface area contributed by atoms with Crippen LogP contribution in [0.15, 0.2) is 6.33 Å². The van der Waals surface area contributed by atoms with Crippen LogP contribution in [0.2, 0.25) is 0 Å². The van der Waals surface area contributed by atoms with Crippen LogP contribution in [0.4, 0.5) is 11.6 Å². The van der Waals surface area contributed by atoms with Crippen LogP contribution in [0.5, 0.6) is 0 Å². The molecule has 2 N–H and O–H groups in total. The van der Waals surface area contributed by atoms with Gasteiger partial charge >= 0.3 is 0 Å². The van der Waals surface area contributed by atoms with E-state index in [0.717, 1.165) is 43.3 Å². The Hall–Kier alpha value is -1.36. The van der Waals surface area contributed by atoms with Crippen LogP contribution in [-0.2, 0) is 11.2 Å². The van der Waals surface area contributed by atoms with E-state index in [1.54, 1.807) is 6.33 Å². The predicted octanol–water partition coefficient (Wildman–Crippen LogP) is 2.31. The van der Waals surface area contributed by atoms with Crippen LogP contribution in [0.1, 0.15) is 33.3 Å². The molecule has 0 amide bonds. The first-order chi connectivity index (χ1) is 8.72. The summed E-state index contributed by atoms with van der Waals surface area (Å²) in [7, 11) is 0. The van der Waals surface area contributed by atoms with E-state index in [2.05, 4.69) is 41.4 Å². The van der Waals surface area contributed by atoms with E-state index in [0.29, 0.717) is 0 Å². The zero-order chi connectivity index (χ0) is 13.4. The summed E-state index contributed by atoms with van der Waals surface area (Å²) in [6.07, 6.45) is 2.66. The summed E-state index contributed by atoms with van der Waals surface area (Å²) in [6, 6.07) is 0. The third-order valence-corrected chi connectivity index (χ3v) is 2.65. The lowest BCUT2D eigenvalue weighted by Gasteiger charge is -2.16. The van der Waals surface area contributed by atoms with Crippen molar-refractivity contribution in [3.63, 3.8) is 0 Å². The summed E-state index contributed by atoms with van der Waals surface area (Å²) in [5, 5.41) is 6.59. The minimum absolute atomic E-state index is 0.178. The fourth-order valence-corrected chi connectivity index (χ4v) is 1.80. The molecule has 1 rings (SSSR count). The van der Waals surface area contributed by atoms with Crippen LogP contribution in [0.25, 0.3) is 0 Å². The third kappa shape index (κ3) is 4.14. The van der Waals surface area contributed by atoms with Gasteiger partial charge in [0.2, 0.25) is 0 Å². The summed E-state index contributed by atoms with van der Waals surface area (Å²) in [4.78, 5) is 8.58. The van der Waals surface area contributed by atoms with Gasteiger partial charge in [-0.1, -0.05) is 6.92 Å².